The molecule has 1 fully saturated rings. The standard InChI is InChI=1S/C14H17F2N/c1-14-6-5-9-10(12(14)7-17-8-14)3-2-4-11(9)13(15)16/h2-4,12-13,17H,5-8H2,1H3/t12-,14+/m0/s1. The summed E-state index contributed by atoms with van der Waals surface area (Å²) in [4.78, 5) is 0. The normalized spacial score (nSPS) is 31.4. The number of halogens is 2. The molecule has 2 atom stereocenters. The highest BCUT2D eigenvalue weighted by Gasteiger charge is 2.43. The van der Waals surface area contributed by atoms with Gasteiger partial charge in [0.25, 0.3) is 6.43 Å². The van der Waals surface area contributed by atoms with Crippen molar-refractivity contribution in [3.63, 3.8) is 0 Å². The Balaban J connectivity index is 2.10. The quantitative estimate of drug-likeness (QED) is 0.790. The molecule has 1 saturated heterocycles. The first-order chi connectivity index (χ1) is 8.12. The van der Waals surface area contributed by atoms with Crippen LogP contribution in [0.2, 0.25) is 0 Å². The molecule has 92 valence electrons. The monoisotopic (exact) mass is 237 g/mol. The van der Waals surface area contributed by atoms with Crippen LogP contribution in [0.5, 0.6) is 0 Å². The largest absolute Gasteiger partial charge is 0.316 e. The van der Waals surface area contributed by atoms with Gasteiger partial charge < -0.3 is 5.32 Å². The highest BCUT2D eigenvalue weighted by molar-refractivity contribution is 5.42. The second-order valence-electron chi connectivity index (χ2n) is 5.55. The van der Waals surface area contributed by atoms with E-state index in [1.807, 2.05) is 6.07 Å². The number of fused-ring (bicyclic) bond motifs is 3. The van der Waals surface area contributed by atoms with E-state index in [1.165, 1.54) is 0 Å². The molecule has 1 aliphatic heterocycles. The van der Waals surface area contributed by atoms with Gasteiger partial charge in [0.1, 0.15) is 0 Å². The zero-order valence-corrected chi connectivity index (χ0v) is 9.97. The van der Waals surface area contributed by atoms with Gasteiger partial charge >= 0.3 is 0 Å². The summed E-state index contributed by atoms with van der Waals surface area (Å²) >= 11 is 0. The lowest BCUT2D eigenvalue weighted by atomic mass is 9.66. The summed E-state index contributed by atoms with van der Waals surface area (Å²) in [5.41, 5.74) is 2.57. The lowest BCUT2D eigenvalue weighted by Crippen LogP contribution is -2.30. The third-order valence-electron chi connectivity index (χ3n) is 4.52. The van der Waals surface area contributed by atoms with Gasteiger partial charge in [-0.15, -0.1) is 0 Å². The summed E-state index contributed by atoms with van der Waals surface area (Å²) in [5.74, 6) is 0.407. The topological polar surface area (TPSA) is 12.0 Å². The van der Waals surface area contributed by atoms with Gasteiger partial charge in [-0.2, -0.15) is 0 Å². The SMILES string of the molecule is C[C@]12CCc3c(C(F)F)cccc3[C@@H]1CNC2. The van der Waals surface area contributed by atoms with E-state index in [9.17, 15) is 8.78 Å². The smallest absolute Gasteiger partial charge is 0.264 e. The van der Waals surface area contributed by atoms with Crippen LogP contribution in [-0.2, 0) is 6.42 Å². The maximum Gasteiger partial charge on any atom is 0.264 e. The van der Waals surface area contributed by atoms with E-state index < -0.39 is 6.43 Å². The molecule has 0 spiro atoms. The lowest BCUT2D eigenvalue weighted by molar-refractivity contribution is 0.148. The number of rotatable bonds is 1. The lowest BCUT2D eigenvalue weighted by Gasteiger charge is -2.37. The summed E-state index contributed by atoms with van der Waals surface area (Å²) in [5, 5.41) is 3.41. The van der Waals surface area contributed by atoms with E-state index in [1.54, 1.807) is 12.1 Å². The van der Waals surface area contributed by atoms with Crippen molar-refractivity contribution < 1.29 is 8.78 Å². The Morgan fingerprint density at radius 1 is 1.41 bits per heavy atom. The van der Waals surface area contributed by atoms with Gasteiger partial charge in [-0.05, 0) is 29.4 Å². The van der Waals surface area contributed by atoms with Gasteiger partial charge in [-0.1, -0.05) is 25.1 Å². The first-order valence-electron chi connectivity index (χ1n) is 6.22. The van der Waals surface area contributed by atoms with Crippen LogP contribution in [0.3, 0.4) is 0 Å². The van der Waals surface area contributed by atoms with Crippen molar-refractivity contribution >= 4 is 0 Å². The number of hydrogen-bond acceptors (Lipinski definition) is 1. The number of nitrogens with one attached hydrogen (secondary N) is 1. The van der Waals surface area contributed by atoms with Gasteiger partial charge in [0.15, 0.2) is 0 Å². The molecule has 2 aliphatic rings. The minimum absolute atomic E-state index is 0.247. The van der Waals surface area contributed by atoms with Crippen molar-refractivity contribution in [2.45, 2.75) is 32.1 Å². The minimum atomic E-state index is -2.34. The molecular formula is C14H17F2N. The number of alkyl halides is 2. The van der Waals surface area contributed by atoms with Crippen molar-refractivity contribution in [2.75, 3.05) is 13.1 Å². The van der Waals surface area contributed by atoms with Crippen LogP contribution in [0, 0.1) is 5.41 Å². The molecule has 0 unspecified atom stereocenters. The predicted octanol–water partition coefficient (Wildman–Crippen LogP) is 3.26. The second-order valence-corrected chi connectivity index (χ2v) is 5.55. The highest BCUT2D eigenvalue weighted by Crippen LogP contribution is 2.48. The van der Waals surface area contributed by atoms with Crippen LogP contribution < -0.4 is 5.32 Å². The predicted molar refractivity (Wildman–Crippen MR) is 63.4 cm³/mol. The number of hydrogen-bond donors (Lipinski definition) is 1. The average Bonchev–Trinajstić information content (AvgIpc) is 2.70. The molecule has 3 heteroatoms. The van der Waals surface area contributed by atoms with Gasteiger partial charge in [-0.3, -0.25) is 0 Å². The highest BCUT2D eigenvalue weighted by atomic mass is 19.3. The number of benzene rings is 1. The third kappa shape index (κ3) is 1.60. The molecule has 1 heterocycles. The fourth-order valence-corrected chi connectivity index (χ4v) is 3.47. The average molecular weight is 237 g/mol. The molecule has 0 saturated carbocycles. The van der Waals surface area contributed by atoms with Crippen LogP contribution in [0.1, 0.15) is 42.4 Å². The van der Waals surface area contributed by atoms with Crippen molar-refractivity contribution in [2.24, 2.45) is 5.41 Å². The van der Waals surface area contributed by atoms with Crippen LogP contribution in [0.25, 0.3) is 0 Å². The van der Waals surface area contributed by atoms with Crippen molar-refractivity contribution in [3.05, 3.63) is 34.9 Å². The Labute approximate surface area is 100 Å². The Kier molecular flexibility index (Phi) is 2.47. The first-order valence-corrected chi connectivity index (χ1v) is 6.22. The van der Waals surface area contributed by atoms with Gasteiger partial charge in [0, 0.05) is 24.6 Å². The van der Waals surface area contributed by atoms with Crippen molar-refractivity contribution in [1.82, 2.24) is 5.32 Å². The van der Waals surface area contributed by atoms with E-state index in [4.69, 9.17) is 0 Å². The summed E-state index contributed by atoms with van der Waals surface area (Å²) in [6.45, 7) is 4.21. The van der Waals surface area contributed by atoms with Crippen LogP contribution in [0.4, 0.5) is 8.78 Å². The molecule has 1 aromatic rings. The molecule has 0 aromatic heterocycles. The fourth-order valence-electron chi connectivity index (χ4n) is 3.47. The summed E-state index contributed by atoms with van der Waals surface area (Å²) < 4.78 is 26.0. The molecule has 1 nitrogen and oxygen atoms in total. The summed E-state index contributed by atoms with van der Waals surface area (Å²) in [7, 11) is 0. The fraction of sp³-hybridized carbons (Fsp3) is 0.571. The van der Waals surface area contributed by atoms with Crippen LogP contribution in [0.15, 0.2) is 18.2 Å². The Hall–Kier alpha value is -0.960. The molecule has 1 aromatic carbocycles. The van der Waals surface area contributed by atoms with E-state index in [0.29, 0.717) is 5.92 Å². The van der Waals surface area contributed by atoms with Crippen molar-refractivity contribution in [3.8, 4) is 0 Å². The molecule has 0 radical (unpaired) electrons. The van der Waals surface area contributed by atoms with Crippen LogP contribution in [-0.4, -0.2) is 13.1 Å². The Bertz CT molecular complexity index is 444. The maximum atomic E-state index is 13.0. The molecule has 17 heavy (non-hydrogen) atoms. The molecular weight excluding hydrogens is 220 g/mol. The van der Waals surface area contributed by atoms with E-state index >= 15 is 0 Å². The zero-order chi connectivity index (χ0) is 12.0. The third-order valence-corrected chi connectivity index (χ3v) is 4.52. The molecule has 3 rings (SSSR count). The zero-order valence-electron chi connectivity index (χ0n) is 9.97. The van der Waals surface area contributed by atoms with Gasteiger partial charge in [0.05, 0.1) is 0 Å². The molecule has 0 amide bonds. The van der Waals surface area contributed by atoms with E-state index in [0.717, 1.165) is 37.1 Å². The maximum absolute atomic E-state index is 13.0. The second kappa shape index (κ2) is 3.77. The molecule has 1 N–H and O–H groups in total. The van der Waals surface area contributed by atoms with E-state index in [2.05, 4.69) is 12.2 Å². The summed E-state index contributed by atoms with van der Waals surface area (Å²) in [6.07, 6.45) is -0.532. The molecule has 0 bridgehead atoms. The Morgan fingerprint density at radius 3 is 3.00 bits per heavy atom. The Morgan fingerprint density at radius 2 is 2.24 bits per heavy atom. The van der Waals surface area contributed by atoms with E-state index in [-0.39, 0.29) is 11.0 Å². The molecule has 1 aliphatic carbocycles. The van der Waals surface area contributed by atoms with Gasteiger partial charge in [-0.25, -0.2) is 8.78 Å². The minimum Gasteiger partial charge on any atom is -0.316 e. The van der Waals surface area contributed by atoms with Crippen molar-refractivity contribution in [1.29, 1.82) is 0 Å². The van der Waals surface area contributed by atoms with Gasteiger partial charge in [0.2, 0.25) is 0 Å². The summed E-state index contributed by atoms with van der Waals surface area (Å²) in [6, 6.07) is 5.40. The first kappa shape index (κ1) is 11.1. The van der Waals surface area contributed by atoms with Crippen LogP contribution >= 0.6 is 0 Å².